The lowest BCUT2D eigenvalue weighted by Crippen LogP contribution is -2.42. The number of halogens is 1. The van der Waals surface area contributed by atoms with Gasteiger partial charge in [0.15, 0.2) is 11.3 Å². The third-order valence-corrected chi connectivity index (χ3v) is 7.56. The maximum atomic E-state index is 12.0. The second kappa shape index (κ2) is 12.4. The van der Waals surface area contributed by atoms with Crippen LogP contribution >= 0.6 is 11.6 Å². The number of nitro groups is 1. The normalized spacial score (nSPS) is 17.8. The first-order valence-corrected chi connectivity index (χ1v) is 13.7. The average Bonchev–Trinajstić information content (AvgIpc) is 2.92. The minimum atomic E-state index is -0.593. The Hall–Kier alpha value is -3.81. The summed E-state index contributed by atoms with van der Waals surface area (Å²) in [5.41, 5.74) is 0.745. The van der Waals surface area contributed by atoms with E-state index in [1.54, 1.807) is 19.3 Å². The highest BCUT2D eigenvalue weighted by atomic mass is 35.5. The Morgan fingerprint density at radius 1 is 0.927 bits per heavy atom. The fraction of sp³-hybridized carbons (Fsp3) is 0.481. The third-order valence-electron chi connectivity index (χ3n) is 7.37. The van der Waals surface area contributed by atoms with Crippen molar-refractivity contribution >= 4 is 40.3 Å². The summed E-state index contributed by atoms with van der Waals surface area (Å²) in [5, 5.41) is 37.4. The van der Waals surface area contributed by atoms with Gasteiger partial charge in [-0.1, -0.05) is 11.6 Å². The minimum Gasteiger partial charge on any atom is -0.390 e. The van der Waals surface area contributed by atoms with Gasteiger partial charge in [-0.15, -0.1) is 0 Å². The number of aliphatic hydroxyl groups is 2. The molecule has 13 nitrogen and oxygen atoms in total. The fourth-order valence-electron chi connectivity index (χ4n) is 4.61. The number of anilines is 4. The van der Waals surface area contributed by atoms with E-state index in [2.05, 4.69) is 30.2 Å². The molecule has 2 aliphatic rings. The largest absolute Gasteiger partial charge is 0.390 e. The second-order valence-corrected chi connectivity index (χ2v) is 11.3. The molecule has 3 aromatic heterocycles. The van der Waals surface area contributed by atoms with Crippen LogP contribution in [0.1, 0.15) is 39.5 Å². The molecule has 5 heterocycles. The number of aryl methyl sites for hydroxylation is 1. The monoisotopic (exact) mass is 586 g/mol. The van der Waals surface area contributed by atoms with Gasteiger partial charge < -0.3 is 35.4 Å². The smallest absolute Gasteiger partial charge is 0.363 e. The van der Waals surface area contributed by atoms with Crippen LogP contribution in [0.4, 0.5) is 28.7 Å². The van der Waals surface area contributed by atoms with Crippen molar-refractivity contribution in [2.45, 2.75) is 50.7 Å². The van der Waals surface area contributed by atoms with Gasteiger partial charge in [0.05, 0.1) is 28.8 Å². The highest BCUT2D eigenvalue weighted by molar-refractivity contribution is 6.29. The Kier molecular flexibility index (Phi) is 9.10. The second-order valence-electron chi connectivity index (χ2n) is 10.9. The first-order valence-electron chi connectivity index (χ1n) is 13.3. The highest BCUT2D eigenvalue weighted by Crippen LogP contribution is 2.27. The molecule has 2 saturated heterocycles. The number of nitrogens with one attached hydrogen (secondary N) is 1. The molecule has 3 N–H and O–H groups in total. The molecule has 0 spiro atoms. The van der Waals surface area contributed by atoms with Crippen LogP contribution in [0.3, 0.4) is 0 Å². The van der Waals surface area contributed by atoms with Gasteiger partial charge in [0.25, 0.3) is 5.56 Å². The minimum absolute atomic E-state index is 0.141. The average molecular weight is 587 g/mol. The summed E-state index contributed by atoms with van der Waals surface area (Å²) in [5.74, 6) is 0.417. The van der Waals surface area contributed by atoms with E-state index in [1.807, 2.05) is 26.0 Å². The Morgan fingerprint density at radius 2 is 1.44 bits per heavy atom. The molecule has 5 rings (SSSR count). The SMILES string of the molecule is CC1(O)CCN(c2ccc([N+](=O)[O-])nc2)CC1.Cn1nc(Cl)cc(Nc2ccc(N3CCC(C)(O)CC3)cn2)c1=O. The number of nitrogens with zero attached hydrogens (tertiary/aromatic N) is 7. The van der Waals surface area contributed by atoms with E-state index in [1.165, 1.54) is 23.0 Å². The first kappa shape index (κ1) is 30.2. The summed E-state index contributed by atoms with van der Waals surface area (Å²) >= 11 is 5.88. The number of hydrogen-bond acceptors (Lipinski definition) is 11. The quantitative estimate of drug-likeness (QED) is 0.297. The number of piperidine rings is 2. The van der Waals surface area contributed by atoms with E-state index >= 15 is 0 Å². The zero-order valence-electron chi connectivity index (χ0n) is 23.3. The van der Waals surface area contributed by atoms with Gasteiger partial charge in [-0.3, -0.25) is 4.79 Å². The van der Waals surface area contributed by atoms with Gasteiger partial charge in [-0.25, -0.2) is 9.67 Å². The lowest BCUT2D eigenvalue weighted by atomic mass is 9.94. The Labute approximate surface area is 242 Å². The van der Waals surface area contributed by atoms with Crippen molar-refractivity contribution in [1.29, 1.82) is 0 Å². The lowest BCUT2D eigenvalue weighted by molar-refractivity contribution is -0.389. The number of aromatic nitrogens is 4. The van der Waals surface area contributed by atoms with Crippen LogP contribution in [0.5, 0.6) is 0 Å². The summed E-state index contributed by atoms with van der Waals surface area (Å²) in [4.78, 5) is 34.4. The van der Waals surface area contributed by atoms with Crippen LogP contribution in [0.25, 0.3) is 0 Å². The van der Waals surface area contributed by atoms with Gasteiger partial charge in [0.1, 0.15) is 11.5 Å². The molecule has 2 aliphatic heterocycles. The van der Waals surface area contributed by atoms with Gasteiger partial charge in [-0.2, -0.15) is 5.10 Å². The van der Waals surface area contributed by atoms with Gasteiger partial charge in [-0.05, 0) is 67.6 Å². The Bertz CT molecular complexity index is 1390. The zero-order chi connectivity index (χ0) is 29.8. The van der Waals surface area contributed by atoms with Crippen molar-refractivity contribution in [1.82, 2.24) is 19.7 Å². The van der Waals surface area contributed by atoms with Crippen molar-refractivity contribution in [2.24, 2.45) is 7.05 Å². The van der Waals surface area contributed by atoms with Crippen molar-refractivity contribution in [3.8, 4) is 0 Å². The number of pyridine rings is 2. The van der Waals surface area contributed by atoms with E-state index in [0.717, 1.165) is 50.4 Å². The zero-order valence-corrected chi connectivity index (χ0v) is 24.1. The summed E-state index contributed by atoms with van der Waals surface area (Å²) in [7, 11) is 1.54. The molecule has 2 fully saturated rings. The Balaban J connectivity index is 0.000000201. The lowest BCUT2D eigenvalue weighted by Gasteiger charge is -2.36. The predicted octanol–water partition coefficient (Wildman–Crippen LogP) is 3.26. The topological polar surface area (TPSA) is 163 Å². The Morgan fingerprint density at radius 3 is 1.88 bits per heavy atom. The van der Waals surface area contributed by atoms with E-state index in [4.69, 9.17) is 11.6 Å². The van der Waals surface area contributed by atoms with E-state index in [0.29, 0.717) is 24.3 Å². The first-order chi connectivity index (χ1) is 19.3. The molecule has 0 unspecified atom stereocenters. The van der Waals surface area contributed by atoms with E-state index in [-0.39, 0.29) is 16.5 Å². The highest BCUT2D eigenvalue weighted by Gasteiger charge is 2.28. The summed E-state index contributed by atoms with van der Waals surface area (Å²) in [6.07, 6.45) is 6.14. The molecular formula is C27H35ClN8O5. The van der Waals surface area contributed by atoms with Crippen molar-refractivity contribution in [3.05, 3.63) is 68.3 Å². The van der Waals surface area contributed by atoms with Crippen LogP contribution in [0.2, 0.25) is 5.15 Å². The van der Waals surface area contributed by atoms with Gasteiger partial charge in [0.2, 0.25) is 0 Å². The fourth-order valence-corrected chi connectivity index (χ4v) is 4.84. The van der Waals surface area contributed by atoms with Crippen LogP contribution in [0.15, 0.2) is 47.5 Å². The molecule has 0 aliphatic carbocycles. The van der Waals surface area contributed by atoms with Crippen LogP contribution in [0, 0.1) is 10.1 Å². The van der Waals surface area contributed by atoms with Crippen LogP contribution in [-0.2, 0) is 7.05 Å². The summed E-state index contributed by atoms with van der Waals surface area (Å²) < 4.78 is 1.18. The van der Waals surface area contributed by atoms with Gasteiger partial charge >= 0.3 is 5.82 Å². The predicted molar refractivity (Wildman–Crippen MR) is 157 cm³/mol. The van der Waals surface area contributed by atoms with Crippen LogP contribution in [-0.4, -0.2) is 72.3 Å². The molecule has 0 atom stereocenters. The summed E-state index contributed by atoms with van der Waals surface area (Å²) in [6.45, 7) is 6.78. The summed E-state index contributed by atoms with van der Waals surface area (Å²) in [6, 6.07) is 8.35. The molecule has 3 aromatic rings. The number of rotatable bonds is 5. The van der Waals surface area contributed by atoms with Crippen molar-refractivity contribution in [2.75, 3.05) is 41.3 Å². The maximum absolute atomic E-state index is 12.0. The molecule has 14 heteroatoms. The van der Waals surface area contributed by atoms with Gasteiger partial charge in [0, 0.05) is 45.4 Å². The molecule has 0 bridgehead atoms. The molecule has 41 heavy (non-hydrogen) atoms. The molecule has 0 aromatic carbocycles. The van der Waals surface area contributed by atoms with Crippen molar-refractivity contribution < 1.29 is 15.1 Å². The van der Waals surface area contributed by atoms with Crippen LogP contribution < -0.4 is 20.7 Å². The third kappa shape index (κ3) is 8.12. The molecule has 220 valence electrons. The van der Waals surface area contributed by atoms with E-state index in [9.17, 15) is 25.1 Å². The molecule has 0 amide bonds. The maximum Gasteiger partial charge on any atom is 0.363 e. The van der Waals surface area contributed by atoms with E-state index < -0.39 is 16.1 Å². The molecule has 0 saturated carbocycles. The standard InChI is InChI=1S/C16H20ClN5O2.C11H15N3O3/c1-16(24)5-7-22(8-6-16)11-3-4-14(18-10-11)19-12-9-13(17)20-21(2)15(12)23;1-11(15)4-6-13(7-5-11)9-2-3-10(12-8-9)14(16)17/h3-4,9-10,24H,5-8H2,1-2H3,(H,18,19);2-3,8,15H,4-7H2,1H3. The molecule has 0 radical (unpaired) electrons. The number of hydrogen-bond donors (Lipinski definition) is 3. The molecular weight excluding hydrogens is 552 g/mol. The van der Waals surface area contributed by atoms with Crippen molar-refractivity contribution in [3.63, 3.8) is 0 Å².